The molecular weight excluding hydrogens is 250 g/mol. The second kappa shape index (κ2) is 7.03. The van der Waals surface area contributed by atoms with Crippen molar-refractivity contribution in [1.29, 1.82) is 0 Å². The number of ether oxygens (including phenoxy) is 1. The monoisotopic (exact) mass is 265 g/mol. The molecule has 2 aromatic rings. The zero-order valence-electron chi connectivity index (χ0n) is 9.91. The van der Waals surface area contributed by atoms with Gasteiger partial charge >= 0.3 is 0 Å². The summed E-state index contributed by atoms with van der Waals surface area (Å²) in [4.78, 5) is 0. The summed E-state index contributed by atoms with van der Waals surface area (Å²) in [6.07, 6.45) is 0.917. The van der Waals surface area contributed by atoms with Gasteiger partial charge in [-0.1, -0.05) is 30.0 Å². The lowest BCUT2D eigenvalue weighted by atomic mass is 10.3. The fourth-order valence-electron chi connectivity index (χ4n) is 1.30. The van der Waals surface area contributed by atoms with Gasteiger partial charge in [0.05, 0.1) is 13.2 Å². The zero-order valence-corrected chi connectivity index (χ0v) is 10.7. The normalized spacial score (nSPS) is 10.5. The Balaban J connectivity index is 1.61. The molecule has 0 radical (unpaired) electrons. The van der Waals surface area contributed by atoms with Gasteiger partial charge in [0.25, 0.3) is 5.22 Å². The van der Waals surface area contributed by atoms with Crippen LogP contribution in [0.4, 0.5) is 0 Å². The van der Waals surface area contributed by atoms with Crippen molar-refractivity contribution < 1.29 is 9.15 Å². The van der Waals surface area contributed by atoms with Crippen molar-refractivity contribution >= 4 is 11.8 Å². The number of rotatable bonds is 7. The number of hydrogen-bond acceptors (Lipinski definition) is 6. The SMILES string of the molecule is NCc1nnc(SCCCOc2ccccc2)o1. The van der Waals surface area contributed by atoms with Crippen LogP contribution in [0.15, 0.2) is 40.0 Å². The highest BCUT2D eigenvalue weighted by molar-refractivity contribution is 7.99. The number of thioether (sulfide) groups is 1. The molecule has 1 heterocycles. The van der Waals surface area contributed by atoms with E-state index in [1.807, 2.05) is 30.3 Å². The Morgan fingerprint density at radius 1 is 1.22 bits per heavy atom. The van der Waals surface area contributed by atoms with Crippen molar-refractivity contribution in [3.63, 3.8) is 0 Å². The predicted octanol–water partition coefficient (Wildman–Crippen LogP) is 2.09. The molecule has 0 amide bonds. The van der Waals surface area contributed by atoms with Gasteiger partial charge in [0, 0.05) is 5.75 Å². The first kappa shape index (κ1) is 12.9. The van der Waals surface area contributed by atoms with Gasteiger partial charge in [-0.3, -0.25) is 0 Å². The van der Waals surface area contributed by atoms with E-state index < -0.39 is 0 Å². The van der Waals surface area contributed by atoms with E-state index in [9.17, 15) is 0 Å². The summed E-state index contributed by atoms with van der Waals surface area (Å²) in [5.74, 6) is 2.24. The Morgan fingerprint density at radius 2 is 2.06 bits per heavy atom. The molecule has 2 N–H and O–H groups in total. The summed E-state index contributed by atoms with van der Waals surface area (Å²) >= 11 is 1.52. The minimum atomic E-state index is 0.282. The van der Waals surface area contributed by atoms with E-state index in [1.54, 1.807) is 0 Å². The first-order valence-corrected chi connectivity index (χ1v) is 6.70. The van der Waals surface area contributed by atoms with Gasteiger partial charge in [0.1, 0.15) is 5.75 Å². The summed E-state index contributed by atoms with van der Waals surface area (Å²) in [5, 5.41) is 8.22. The maximum atomic E-state index is 5.57. The van der Waals surface area contributed by atoms with Crippen molar-refractivity contribution in [2.45, 2.75) is 18.2 Å². The molecular formula is C12H15N3O2S. The average Bonchev–Trinajstić information content (AvgIpc) is 2.87. The van der Waals surface area contributed by atoms with Crippen molar-refractivity contribution in [3.8, 4) is 5.75 Å². The molecule has 1 aromatic heterocycles. The van der Waals surface area contributed by atoms with Crippen LogP contribution in [-0.4, -0.2) is 22.6 Å². The molecule has 2 rings (SSSR count). The largest absolute Gasteiger partial charge is 0.494 e. The molecule has 0 aliphatic heterocycles. The van der Waals surface area contributed by atoms with E-state index in [0.29, 0.717) is 17.7 Å². The molecule has 0 saturated heterocycles. The van der Waals surface area contributed by atoms with Crippen LogP contribution in [-0.2, 0) is 6.54 Å². The Kier molecular flexibility index (Phi) is 5.04. The van der Waals surface area contributed by atoms with Crippen LogP contribution in [0, 0.1) is 0 Å². The molecule has 96 valence electrons. The van der Waals surface area contributed by atoms with Gasteiger partial charge in [-0.25, -0.2) is 0 Å². The quantitative estimate of drug-likeness (QED) is 0.610. The molecule has 0 aliphatic rings. The van der Waals surface area contributed by atoms with Crippen LogP contribution in [0.25, 0.3) is 0 Å². The van der Waals surface area contributed by atoms with Crippen molar-refractivity contribution in [2.24, 2.45) is 5.73 Å². The third-order valence-corrected chi connectivity index (χ3v) is 3.05. The van der Waals surface area contributed by atoms with Crippen LogP contribution in [0.5, 0.6) is 5.75 Å². The predicted molar refractivity (Wildman–Crippen MR) is 69.5 cm³/mol. The number of para-hydroxylation sites is 1. The average molecular weight is 265 g/mol. The molecule has 0 bridgehead atoms. The van der Waals surface area contributed by atoms with Gasteiger partial charge < -0.3 is 14.9 Å². The molecule has 5 nitrogen and oxygen atoms in total. The van der Waals surface area contributed by atoms with Crippen LogP contribution < -0.4 is 10.5 Å². The van der Waals surface area contributed by atoms with Gasteiger partial charge in [-0.15, -0.1) is 10.2 Å². The Morgan fingerprint density at radius 3 is 2.78 bits per heavy atom. The first-order chi connectivity index (χ1) is 8.88. The highest BCUT2D eigenvalue weighted by Crippen LogP contribution is 2.17. The van der Waals surface area contributed by atoms with Crippen LogP contribution in [0.1, 0.15) is 12.3 Å². The maximum absolute atomic E-state index is 5.57. The number of benzene rings is 1. The van der Waals surface area contributed by atoms with E-state index >= 15 is 0 Å². The molecule has 0 atom stereocenters. The fraction of sp³-hybridized carbons (Fsp3) is 0.333. The van der Waals surface area contributed by atoms with Crippen molar-refractivity contribution in [3.05, 3.63) is 36.2 Å². The molecule has 1 aromatic carbocycles. The highest BCUT2D eigenvalue weighted by atomic mass is 32.2. The Bertz CT molecular complexity index is 461. The topological polar surface area (TPSA) is 74.2 Å². The standard InChI is InChI=1S/C12H15N3O2S/c13-9-11-14-15-12(17-11)18-8-4-7-16-10-5-2-1-3-6-10/h1-3,5-6H,4,7-9,13H2. The lowest BCUT2D eigenvalue weighted by molar-refractivity contribution is 0.318. The third kappa shape index (κ3) is 4.05. The minimum Gasteiger partial charge on any atom is -0.494 e. The smallest absolute Gasteiger partial charge is 0.276 e. The van der Waals surface area contributed by atoms with Crippen molar-refractivity contribution in [1.82, 2.24) is 10.2 Å². The summed E-state index contributed by atoms with van der Waals surface area (Å²) < 4.78 is 10.8. The number of hydrogen-bond donors (Lipinski definition) is 1. The minimum absolute atomic E-state index is 0.282. The highest BCUT2D eigenvalue weighted by Gasteiger charge is 2.04. The number of nitrogens with zero attached hydrogens (tertiary/aromatic N) is 2. The summed E-state index contributed by atoms with van der Waals surface area (Å²) in [5.41, 5.74) is 5.38. The number of aromatic nitrogens is 2. The summed E-state index contributed by atoms with van der Waals surface area (Å²) in [6, 6.07) is 9.76. The van der Waals surface area contributed by atoms with Crippen LogP contribution in [0.2, 0.25) is 0 Å². The molecule has 0 aliphatic carbocycles. The van der Waals surface area contributed by atoms with E-state index in [4.69, 9.17) is 14.9 Å². The molecule has 0 saturated carbocycles. The lowest BCUT2D eigenvalue weighted by Crippen LogP contribution is -1.98. The first-order valence-electron chi connectivity index (χ1n) is 5.71. The van der Waals surface area contributed by atoms with E-state index in [-0.39, 0.29) is 6.54 Å². The van der Waals surface area contributed by atoms with Crippen LogP contribution >= 0.6 is 11.8 Å². The maximum Gasteiger partial charge on any atom is 0.276 e. The molecule has 6 heteroatoms. The van der Waals surface area contributed by atoms with E-state index in [1.165, 1.54) is 11.8 Å². The van der Waals surface area contributed by atoms with E-state index in [0.717, 1.165) is 17.9 Å². The summed E-state index contributed by atoms with van der Waals surface area (Å²) in [6.45, 7) is 0.958. The van der Waals surface area contributed by atoms with Gasteiger partial charge in [-0.2, -0.15) is 0 Å². The van der Waals surface area contributed by atoms with Crippen LogP contribution in [0.3, 0.4) is 0 Å². The van der Waals surface area contributed by atoms with Gasteiger partial charge in [0.15, 0.2) is 0 Å². The second-order valence-corrected chi connectivity index (χ2v) is 4.58. The molecule has 0 fully saturated rings. The Hall–Kier alpha value is -1.53. The lowest BCUT2D eigenvalue weighted by Gasteiger charge is -2.04. The fourth-order valence-corrected chi connectivity index (χ4v) is 1.99. The van der Waals surface area contributed by atoms with Crippen molar-refractivity contribution in [2.75, 3.05) is 12.4 Å². The molecule has 18 heavy (non-hydrogen) atoms. The summed E-state index contributed by atoms with van der Waals surface area (Å²) in [7, 11) is 0. The molecule has 0 spiro atoms. The molecule has 0 unspecified atom stereocenters. The van der Waals surface area contributed by atoms with Gasteiger partial charge in [0.2, 0.25) is 5.89 Å². The van der Waals surface area contributed by atoms with E-state index in [2.05, 4.69) is 10.2 Å². The second-order valence-electron chi connectivity index (χ2n) is 3.53. The Labute approximate surface area is 110 Å². The van der Waals surface area contributed by atoms with Gasteiger partial charge in [-0.05, 0) is 18.6 Å². The zero-order chi connectivity index (χ0) is 12.6. The number of nitrogens with two attached hydrogens (primary N) is 1. The third-order valence-electron chi connectivity index (χ3n) is 2.15.